The molecule has 8 heteroatoms. The van der Waals surface area contributed by atoms with Crippen molar-refractivity contribution >= 4 is 0 Å². The third-order valence-corrected chi connectivity index (χ3v) is 2.89. The second kappa shape index (κ2) is 4.63. The number of hydrogen-bond acceptors (Lipinski definition) is 5. The predicted octanol–water partition coefficient (Wildman–Crippen LogP) is -0.871. The molecule has 1 fully saturated rings. The molecule has 3 atom stereocenters. The molecule has 100 valence electrons. The number of aliphatic hydroxyl groups excluding tert-OH is 1. The molecular formula is C10H13FN2O5. The number of H-pyrrole nitrogens is 1. The lowest BCUT2D eigenvalue weighted by molar-refractivity contribution is -0.243. The lowest BCUT2D eigenvalue weighted by Gasteiger charge is -2.25. The minimum absolute atomic E-state index is 0.198. The molecule has 2 rings (SSSR count). The number of ether oxygens (including phenoxy) is 2. The average molecular weight is 260 g/mol. The van der Waals surface area contributed by atoms with Crippen LogP contribution in [0.2, 0.25) is 0 Å². The number of nitrogens with zero attached hydrogens (tertiary/aromatic N) is 1. The molecule has 0 aromatic carbocycles. The Labute approximate surface area is 101 Å². The van der Waals surface area contributed by atoms with Crippen molar-refractivity contribution in [3.63, 3.8) is 0 Å². The molecular weight excluding hydrogens is 247 g/mol. The van der Waals surface area contributed by atoms with Crippen LogP contribution < -0.4 is 11.2 Å². The zero-order valence-electron chi connectivity index (χ0n) is 9.63. The third-order valence-electron chi connectivity index (χ3n) is 2.89. The van der Waals surface area contributed by atoms with Crippen LogP contribution in [-0.2, 0) is 9.47 Å². The van der Waals surface area contributed by atoms with Gasteiger partial charge >= 0.3 is 5.69 Å². The zero-order chi connectivity index (χ0) is 13.3. The van der Waals surface area contributed by atoms with E-state index in [1.54, 1.807) is 0 Å². The van der Waals surface area contributed by atoms with Crippen molar-refractivity contribution in [2.24, 2.45) is 0 Å². The van der Waals surface area contributed by atoms with E-state index in [-0.39, 0.29) is 6.42 Å². The number of alkyl halides is 1. The summed E-state index contributed by atoms with van der Waals surface area (Å²) < 4.78 is 25.0. The highest BCUT2D eigenvalue weighted by atomic mass is 19.1. The fourth-order valence-corrected chi connectivity index (χ4v) is 1.90. The van der Waals surface area contributed by atoms with Gasteiger partial charge in [0.25, 0.3) is 5.56 Å². The van der Waals surface area contributed by atoms with Gasteiger partial charge in [0.05, 0.1) is 6.61 Å². The van der Waals surface area contributed by atoms with Gasteiger partial charge in [0.2, 0.25) is 0 Å². The minimum atomic E-state index is -1.53. The number of aliphatic hydroxyl groups is 1. The number of nitrogens with one attached hydrogen (secondary N) is 1. The maximum absolute atomic E-state index is 13.9. The fourth-order valence-electron chi connectivity index (χ4n) is 1.90. The van der Waals surface area contributed by atoms with Gasteiger partial charge in [-0.3, -0.25) is 14.3 Å². The van der Waals surface area contributed by atoms with Crippen molar-refractivity contribution < 1.29 is 19.0 Å². The summed E-state index contributed by atoms with van der Waals surface area (Å²) in [7, 11) is 1.28. The normalized spacial score (nSPS) is 31.7. The van der Waals surface area contributed by atoms with Crippen LogP contribution in [-0.4, -0.2) is 40.3 Å². The Hall–Kier alpha value is -1.51. The number of aromatic amines is 1. The van der Waals surface area contributed by atoms with Crippen molar-refractivity contribution in [3.8, 4) is 0 Å². The Morgan fingerprint density at radius 2 is 2.44 bits per heavy atom. The summed E-state index contributed by atoms with van der Waals surface area (Å²) in [5.41, 5.74) is -1.36. The molecule has 3 unspecified atom stereocenters. The van der Waals surface area contributed by atoms with Crippen LogP contribution >= 0.6 is 0 Å². The summed E-state index contributed by atoms with van der Waals surface area (Å²) in [5, 5.41) is 9.15. The van der Waals surface area contributed by atoms with Crippen LogP contribution in [0.25, 0.3) is 0 Å². The van der Waals surface area contributed by atoms with E-state index in [0.717, 1.165) is 16.8 Å². The van der Waals surface area contributed by atoms with Gasteiger partial charge in [-0.05, 0) is 0 Å². The Bertz CT molecular complexity index is 536. The largest absolute Gasteiger partial charge is 0.391 e. The van der Waals surface area contributed by atoms with E-state index >= 15 is 0 Å². The maximum atomic E-state index is 13.9. The predicted molar refractivity (Wildman–Crippen MR) is 57.8 cm³/mol. The Balaban J connectivity index is 2.35. The summed E-state index contributed by atoms with van der Waals surface area (Å²) >= 11 is 0. The van der Waals surface area contributed by atoms with E-state index in [1.165, 1.54) is 7.11 Å². The first-order valence-corrected chi connectivity index (χ1v) is 5.31. The molecule has 1 aromatic heterocycles. The molecule has 1 aliphatic rings. The number of rotatable bonds is 3. The van der Waals surface area contributed by atoms with Crippen LogP contribution in [0, 0.1) is 0 Å². The first kappa shape index (κ1) is 12.9. The first-order valence-electron chi connectivity index (χ1n) is 5.31. The minimum Gasteiger partial charge on any atom is -0.391 e. The maximum Gasteiger partial charge on any atom is 0.330 e. The summed E-state index contributed by atoms with van der Waals surface area (Å²) in [6, 6.07) is 1.09. The zero-order valence-corrected chi connectivity index (χ0v) is 9.63. The lowest BCUT2D eigenvalue weighted by Crippen LogP contribution is -2.37. The smallest absolute Gasteiger partial charge is 0.330 e. The molecule has 2 N–H and O–H groups in total. The number of halogens is 1. The molecule has 1 aromatic rings. The molecule has 0 spiro atoms. The first-order chi connectivity index (χ1) is 8.51. The molecule has 1 saturated heterocycles. The number of aromatic nitrogens is 2. The topological polar surface area (TPSA) is 93.5 Å². The molecule has 7 nitrogen and oxygen atoms in total. The molecule has 0 aliphatic carbocycles. The van der Waals surface area contributed by atoms with Gasteiger partial charge in [0.15, 0.2) is 18.2 Å². The second-order valence-corrected chi connectivity index (χ2v) is 4.02. The summed E-state index contributed by atoms with van der Waals surface area (Å²) in [6.07, 6.45) is -1.82. The van der Waals surface area contributed by atoms with E-state index in [9.17, 15) is 14.0 Å². The van der Waals surface area contributed by atoms with E-state index in [1.807, 2.05) is 4.98 Å². The van der Waals surface area contributed by atoms with Gasteiger partial charge in [0, 0.05) is 25.8 Å². The number of methoxy groups -OCH3 is 1. The fraction of sp³-hybridized carbons (Fsp3) is 0.600. The van der Waals surface area contributed by atoms with E-state index in [0.29, 0.717) is 0 Å². The Morgan fingerprint density at radius 1 is 1.72 bits per heavy atom. The monoisotopic (exact) mass is 260 g/mol. The number of hydrogen-bond donors (Lipinski definition) is 2. The van der Waals surface area contributed by atoms with E-state index < -0.39 is 36.0 Å². The summed E-state index contributed by atoms with van der Waals surface area (Å²) in [6.45, 7) is -0.529. The van der Waals surface area contributed by atoms with Gasteiger partial charge in [0.1, 0.15) is 0 Å². The SMILES string of the molecule is COC1(CO)CC(F)C(n2ccc(=O)[nH]c2=O)O1. The lowest BCUT2D eigenvalue weighted by atomic mass is 10.1. The van der Waals surface area contributed by atoms with E-state index in [4.69, 9.17) is 14.6 Å². The van der Waals surface area contributed by atoms with Crippen LogP contribution in [0.1, 0.15) is 12.6 Å². The molecule has 2 heterocycles. The van der Waals surface area contributed by atoms with Crippen LogP contribution in [0.3, 0.4) is 0 Å². The molecule has 0 bridgehead atoms. The quantitative estimate of drug-likeness (QED) is 0.736. The Kier molecular flexibility index (Phi) is 3.33. The highest BCUT2D eigenvalue weighted by Crippen LogP contribution is 2.38. The van der Waals surface area contributed by atoms with Gasteiger partial charge in [-0.15, -0.1) is 0 Å². The standard InChI is InChI=1S/C10H13FN2O5/c1-17-10(5-14)4-6(11)8(18-10)13-3-2-7(15)12-9(13)16/h2-3,6,8,14H,4-5H2,1H3,(H,12,15,16). The van der Waals surface area contributed by atoms with Crippen LogP contribution in [0.15, 0.2) is 21.9 Å². The van der Waals surface area contributed by atoms with Crippen molar-refractivity contribution in [2.45, 2.75) is 24.6 Å². The van der Waals surface area contributed by atoms with Crippen molar-refractivity contribution in [2.75, 3.05) is 13.7 Å². The van der Waals surface area contributed by atoms with Gasteiger partial charge in [-0.2, -0.15) is 0 Å². The Morgan fingerprint density at radius 3 is 2.94 bits per heavy atom. The van der Waals surface area contributed by atoms with Crippen molar-refractivity contribution in [3.05, 3.63) is 33.1 Å². The van der Waals surface area contributed by atoms with Crippen LogP contribution in [0.4, 0.5) is 4.39 Å². The van der Waals surface area contributed by atoms with E-state index in [2.05, 4.69) is 0 Å². The highest BCUT2D eigenvalue weighted by molar-refractivity contribution is 4.91. The molecule has 18 heavy (non-hydrogen) atoms. The average Bonchev–Trinajstić information content (AvgIpc) is 2.67. The third kappa shape index (κ3) is 2.09. The molecule has 0 amide bonds. The molecule has 0 radical (unpaired) electrons. The van der Waals surface area contributed by atoms with Crippen molar-refractivity contribution in [1.82, 2.24) is 9.55 Å². The summed E-state index contributed by atoms with van der Waals surface area (Å²) in [5.74, 6) is -1.46. The van der Waals surface area contributed by atoms with Gasteiger partial charge in [-0.1, -0.05) is 0 Å². The second-order valence-electron chi connectivity index (χ2n) is 4.02. The molecule has 0 saturated carbocycles. The van der Waals surface area contributed by atoms with Crippen LogP contribution in [0.5, 0.6) is 0 Å². The summed E-state index contributed by atoms with van der Waals surface area (Å²) in [4.78, 5) is 24.4. The molecule has 1 aliphatic heterocycles. The van der Waals surface area contributed by atoms with Crippen molar-refractivity contribution in [1.29, 1.82) is 0 Å². The highest BCUT2D eigenvalue weighted by Gasteiger charge is 2.48. The van der Waals surface area contributed by atoms with Gasteiger partial charge < -0.3 is 14.6 Å². The van der Waals surface area contributed by atoms with Gasteiger partial charge in [-0.25, -0.2) is 9.18 Å².